The second kappa shape index (κ2) is 5.19. The summed E-state index contributed by atoms with van der Waals surface area (Å²) in [5.41, 5.74) is -0.0438. The van der Waals surface area contributed by atoms with Crippen molar-refractivity contribution in [2.75, 3.05) is 21.3 Å². The quantitative estimate of drug-likeness (QED) is 0.794. The number of Topliss-reactive ketones (excluding diaryl/α,β-unsaturated/α-hetero) is 1. The van der Waals surface area contributed by atoms with Crippen LogP contribution in [0.25, 0.3) is 0 Å². The molecule has 0 atom stereocenters. The Labute approximate surface area is 102 Å². The molecule has 0 saturated carbocycles. The maximum atomic E-state index is 12.3. The summed E-state index contributed by atoms with van der Waals surface area (Å²) in [7, 11) is 4.88. The molecule has 17 heavy (non-hydrogen) atoms. The molecule has 1 rings (SSSR count). The summed E-state index contributed by atoms with van der Waals surface area (Å²) in [6, 6.07) is 5.16. The van der Waals surface area contributed by atoms with E-state index in [1.165, 1.54) is 0 Å². The highest BCUT2D eigenvalue weighted by Gasteiger charge is 2.27. The third-order valence-electron chi connectivity index (χ3n) is 2.81. The Kier molecular flexibility index (Phi) is 4.12. The van der Waals surface area contributed by atoms with Crippen molar-refractivity contribution in [1.29, 1.82) is 0 Å². The van der Waals surface area contributed by atoms with Gasteiger partial charge in [0.15, 0.2) is 5.78 Å². The Hall–Kier alpha value is -1.55. The van der Waals surface area contributed by atoms with Crippen molar-refractivity contribution in [2.45, 2.75) is 19.4 Å². The first-order valence-electron chi connectivity index (χ1n) is 5.41. The molecule has 0 aromatic heterocycles. The highest BCUT2D eigenvalue weighted by atomic mass is 16.5. The van der Waals surface area contributed by atoms with E-state index in [0.717, 1.165) is 0 Å². The predicted octanol–water partition coefficient (Wildman–Crippen LogP) is 1.88. The van der Waals surface area contributed by atoms with Crippen LogP contribution in [0.15, 0.2) is 18.2 Å². The normalized spacial score (nSPS) is 11.1. The summed E-state index contributed by atoms with van der Waals surface area (Å²) in [5, 5.41) is 2.98. The second-order valence-corrected chi connectivity index (χ2v) is 4.31. The first kappa shape index (κ1) is 13.5. The van der Waals surface area contributed by atoms with E-state index in [1.54, 1.807) is 39.5 Å². The average molecular weight is 237 g/mol. The lowest BCUT2D eigenvalue weighted by atomic mass is 9.93. The van der Waals surface area contributed by atoms with Crippen LogP contribution in [0.4, 0.5) is 0 Å². The summed E-state index contributed by atoms with van der Waals surface area (Å²) in [6.07, 6.45) is 0. The number of ketones is 1. The van der Waals surface area contributed by atoms with E-state index in [4.69, 9.17) is 9.47 Å². The molecule has 1 aromatic carbocycles. The molecule has 0 saturated heterocycles. The largest absolute Gasteiger partial charge is 0.497 e. The van der Waals surface area contributed by atoms with Gasteiger partial charge in [0, 0.05) is 11.6 Å². The van der Waals surface area contributed by atoms with Gasteiger partial charge in [-0.3, -0.25) is 4.79 Å². The topological polar surface area (TPSA) is 47.6 Å². The fourth-order valence-corrected chi connectivity index (χ4v) is 1.41. The van der Waals surface area contributed by atoms with Crippen LogP contribution in [-0.2, 0) is 0 Å². The third-order valence-corrected chi connectivity index (χ3v) is 2.81. The van der Waals surface area contributed by atoms with Crippen molar-refractivity contribution in [1.82, 2.24) is 5.32 Å². The molecule has 1 aromatic rings. The van der Waals surface area contributed by atoms with Gasteiger partial charge in [0.05, 0.1) is 19.8 Å². The van der Waals surface area contributed by atoms with Crippen LogP contribution in [0.2, 0.25) is 0 Å². The Bertz CT molecular complexity index is 391. The lowest BCUT2D eigenvalue weighted by molar-refractivity contribution is 0.0889. The van der Waals surface area contributed by atoms with E-state index < -0.39 is 5.54 Å². The molecule has 0 amide bonds. The van der Waals surface area contributed by atoms with Gasteiger partial charge in [0.1, 0.15) is 11.5 Å². The average Bonchev–Trinajstić information content (AvgIpc) is 2.36. The lowest BCUT2D eigenvalue weighted by Gasteiger charge is -2.22. The molecule has 0 heterocycles. The molecule has 94 valence electrons. The van der Waals surface area contributed by atoms with Crippen molar-refractivity contribution in [2.24, 2.45) is 0 Å². The number of ether oxygens (including phenoxy) is 2. The van der Waals surface area contributed by atoms with Crippen molar-refractivity contribution in [3.8, 4) is 11.5 Å². The molecular formula is C13H19NO3. The van der Waals surface area contributed by atoms with Crippen LogP contribution in [-0.4, -0.2) is 32.6 Å². The maximum absolute atomic E-state index is 12.3. The van der Waals surface area contributed by atoms with Gasteiger partial charge in [-0.2, -0.15) is 0 Å². The zero-order valence-corrected chi connectivity index (χ0v) is 11.0. The number of hydrogen-bond donors (Lipinski definition) is 1. The number of hydrogen-bond acceptors (Lipinski definition) is 4. The van der Waals surface area contributed by atoms with Gasteiger partial charge in [-0.1, -0.05) is 0 Å². The van der Waals surface area contributed by atoms with Crippen LogP contribution < -0.4 is 14.8 Å². The van der Waals surface area contributed by atoms with E-state index in [-0.39, 0.29) is 5.78 Å². The van der Waals surface area contributed by atoms with Crippen molar-refractivity contribution in [3.63, 3.8) is 0 Å². The highest BCUT2D eigenvalue weighted by molar-refractivity contribution is 6.03. The molecule has 1 N–H and O–H groups in total. The van der Waals surface area contributed by atoms with E-state index in [2.05, 4.69) is 5.32 Å². The number of carbonyl (C=O) groups is 1. The second-order valence-electron chi connectivity index (χ2n) is 4.31. The highest BCUT2D eigenvalue weighted by Crippen LogP contribution is 2.25. The number of carbonyl (C=O) groups excluding carboxylic acids is 1. The summed E-state index contributed by atoms with van der Waals surface area (Å²) in [4.78, 5) is 12.3. The summed E-state index contributed by atoms with van der Waals surface area (Å²) in [5.74, 6) is 1.22. The van der Waals surface area contributed by atoms with Crippen LogP contribution >= 0.6 is 0 Å². The maximum Gasteiger partial charge on any atom is 0.182 e. The van der Waals surface area contributed by atoms with Crippen molar-refractivity contribution in [3.05, 3.63) is 23.8 Å². The molecule has 0 aliphatic rings. The molecule has 0 fully saturated rings. The van der Waals surface area contributed by atoms with Crippen LogP contribution in [0.3, 0.4) is 0 Å². The minimum Gasteiger partial charge on any atom is -0.497 e. The number of likely N-dealkylation sites (N-methyl/N-ethyl adjacent to an activating group) is 1. The molecule has 4 nitrogen and oxygen atoms in total. The zero-order valence-electron chi connectivity index (χ0n) is 11.0. The van der Waals surface area contributed by atoms with Gasteiger partial charge in [-0.25, -0.2) is 0 Å². The Morgan fingerprint density at radius 3 is 1.94 bits per heavy atom. The van der Waals surface area contributed by atoms with Gasteiger partial charge in [-0.05, 0) is 33.0 Å². The van der Waals surface area contributed by atoms with Crippen molar-refractivity contribution < 1.29 is 14.3 Å². The third kappa shape index (κ3) is 2.97. The molecule has 0 spiro atoms. The molecular weight excluding hydrogens is 218 g/mol. The SMILES string of the molecule is CNC(C)(C)C(=O)c1cc(OC)cc(OC)c1. The number of nitrogens with one attached hydrogen (secondary N) is 1. The summed E-state index contributed by atoms with van der Waals surface area (Å²) in [6.45, 7) is 3.67. The van der Waals surface area contributed by atoms with Gasteiger partial charge in [0.25, 0.3) is 0 Å². The molecule has 4 heteroatoms. The van der Waals surface area contributed by atoms with Crippen molar-refractivity contribution >= 4 is 5.78 Å². The number of benzene rings is 1. The predicted molar refractivity (Wildman–Crippen MR) is 67.0 cm³/mol. The first-order chi connectivity index (χ1) is 7.94. The molecule has 0 bridgehead atoms. The molecule has 0 aliphatic carbocycles. The standard InChI is InChI=1S/C13H19NO3/c1-13(2,14-3)12(15)9-6-10(16-4)8-11(7-9)17-5/h6-8,14H,1-5H3. The monoisotopic (exact) mass is 237 g/mol. The Balaban J connectivity index is 3.17. The fraction of sp³-hybridized carbons (Fsp3) is 0.462. The van der Waals surface area contributed by atoms with E-state index in [9.17, 15) is 4.79 Å². The van der Waals surface area contributed by atoms with Gasteiger partial charge in [-0.15, -0.1) is 0 Å². The van der Waals surface area contributed by atoms with E-state index in [1.807, 2.05) is 13.8 Å². The fourth-order valence-electron chi connectivity index (χ4n) is 1.41. The van der Waals surface area contributed by atoms with Gasteiger partial charge < -0.3 is 14.8 Å². The van der Waals surface area contributed by atoms with Crippen LogP contribution in [0, 0.1) is 0 Å². The molecule has 0 unspecified atom stereocenters. The number of rotatable bonds is 5. The van der Waals surface area contributed by atoms with E-state index >= 15 is 0 Å². The summed E-state index contributed by atoms with van der Waals surface area (Å²) >= 11 is 0. The molecule has 0 radical (unpaired) electrons. The van der Waals surface area contributed by atoms with E-state index in [0.29, 0.717) is 17.1 Å². The molecule has 0 aliphatic heterocycles. The summed E-state index contributed by atoms with van der Waals surface area (Å²) < 4.78 is 10.3. The van der Waals surface area contributed by atoms with Crippen LogP contribution in [0.5, 0.6) is 11.5 Å². The van der Waals surface area contributed by atoms with Gasteiger partial charge in [0.2, 0.25) is 0 Å². The lowest BCUT2D eigenvalue weighted by Crippen LogP contribution is -2.44. The smallest absolute Gasteiger partial charge is 0.182 e. The minimum atomic E-state index is -0.614. The zero-order chi connectivity index (χ0) is 13.1. The minimum absolute atomic E-state index is 0.00259. The number of methoxy groups -OCH3 is 2. The van der Waals surface area contributed by atoms with Gasteiger partial charge >= 0.3 is 0 Å². The first-order valence-corrected chi connectivity index (χ1v) is 5.41. The van der Waals surface area contributed by atoms with Crippen LogP contribution in [0.1, 0.15) is 24.2 Å². The Morgan fingerprint density at radius 1 is 1.12 bits per heavy atom. The Morgan fingerprint density at radius 2 is 1.59 bits per heavy atom.